The van der Waals surface area contributed by atoms with Crippen LogP contribution in [0.25, 0.3) is 0 Å². The fraction of sp³-hybridized carbons (Fsp3) is 0.714. The van der Waals surface area contributed by atoms with Crippen LogP contribution in [-0.2, 0) is 0 Å². The highest BCUT2D eigenvalue weighted by Crippen LogP contribution is 2.48. The standard InChI is InChI=1S/C14H20ClN3/c1-2-9-18(12-7-8-16-14(15)17-12)13(10-3-4-10)11-5-6-11/h7-8,10-11,13H,2-6,9H2,1H3. The predicted molar refractivity (Wildman–Crippen MR) is 73.9 cm³/mol. The van der Waals surface area contributed by atoms with Crippen molar-refractivity contribution < 1.29 is 0 Å². The second-order valence-corrected chi connectivity index (χ2v) is 5.88. The SMILES string of the molecule is CCCN(c1ccnc(Cl)n1)C(C1CC1)C1CC1. The van der Waals surface area contributed by atoms with E-state index >= 15 is 0 Å². The third kappa shape index (κ3) is 2.61. The first-order chi connectivity index (χ1) is 8.79. The minimum Gasteiger partial charge on any atom is -0.353 e. The van der Waals surface area contributed by atoms with E-state index in [4.69, 9.17) is 11.6 Å². The topological polar surface area (TPSA) is 29.0 Å². The molecule has 0 amide bonds. The number of anilines is 1. The van der Waals surface area contributed by atoms with Crippen LogP contribution in [0.15, 0.2) is 12.3 Å². The number of nitrogens with zero attached hydrogens (tertiary/aromatic N) is 3. The lowest BCUT2D eigenvalue weighted by Crippen LogP contribution is -2.40. The van der Waals surface area contributed by atoms with E-state index < -0.39 is 0 Å². The van der Waals surface area contributed by atoms with Crippen molar-refractivity contribution >= 4 is 17.4 Å². The lowest BCUT2D eigenvalue weighted by Gasteiger charge is -2.33. The lowest BCUT2D eigenvalue weighted by molar-refractivity contribution is 0.473. The van der Waals surface area contributed by atoms with Crippen molar-refractivity contribution in [1.29, 1.82) is 0 Å². The van der Waals surface area contributed by atoms with Crippen LogP contribution < -0.4 is 4.90 Å². The molecule has 4 heteroatoms. The number of hydrogen-bond donors (Lipinski definition) is 0. The molecule has 1 aromatic heterocycles. The van der Waals surface area contributed by atoms with Gasteiger partial charge in [-0.25, -0.2) is 9.97 Å². The summed E-state index contributed by atoms with van der Waals surface area (Å²) < 4.78 is 0. The van der Waals surface area contributed by atoms with Crippen molar-refractivity contribution in [3.63, 3.8) is 0 Å². The largest absolute Gasteiger partial charge is 0.353 e. The Labute approximate surface area is 114 Å². The molecule has 2 fully saturated rings. The minimum atomic E-state index is 0.360. The Bertz CT molecular complexity index is 403. The Morgan fingerprint density at radius 3 is 2.50 bits per heavy atom. The Balaban J connectivity index is 1.85. The molecule has 98 valence electrons. The van der Waals surface area contributed by atoms with Gasteiger partial charge in [-0.15, -0.1) is 0 Å². The molecule has 0 atom stereocenters. The fourth-order valence-corrected chi connectivity index (χ4v) is 3.06. The first-order valence-corrected chi connectivity index (χ1v) is 7.42. The molecule has 0 radical (unpaired) electrons. The molecule has 1 aromatic rings. The second kappa shape index (κ2) is 5.04. The van der Waals surface area contributed by atoms with Gasteiger partial charge in [-0.1, -0.05) is 6.92 Å². The Morgan fingerprint density at radius 2 is 2.00 bits per heavy atom. The third-order valence-corrected chi connectivity index (χ3v) is 4.12. The predicted octanol–water partition coefficient (Wildman–Crippen LogP) is 3.54. The van der Waals surface area contributed by atoms with E-state index in [-0.39, 0.29) is 0 Å². The number of rotatable bonds is 6. The molecule has 0 bridgehead atoms. The first kappa shape index (κ1) is 12.2. The molecule has 2 aliphatic rings. The van der Waals surface area contributed by atoms with Gasteiger partial charge in [0.05, 0.1) is 0 Å². The van der Waals surface area contributed by atoms with Gasteiger partial charge in [-0.2, -0.15) is 0 Å². The van der Waals surface area contributed by atoms with Crippen LogP contribution in [0, 0.1) is 11.8 Å². The van der Waals surface area contributed by atoms with Crippen LogP contribution in [0.2, 0.25) is 5.28 Å². The highest BCUT2D eigenvalue weighted by atomic mass is 35.5. The van der Waals surface area contributed by atoms with E-state index in [9.17, 15) is 0 Å². The first-order valence-electron chi connectivity index (χ1n) is 7.04. The molecule has 3 rings (SSSR count). The molecule has 2 aliphatic carbocycles. The van der Waals surface area contributed by atoms with Gasteiger partial charge in [-0.3, -0.25) is 0 Å². The van der Waals surface area contributed by atoms with E-state index in [1.165, 1.54) is 25.7 Å². The summed E-state index contributed by atoms with van der Waals surface area (Å²) in [5, 5.41) is 0.360. The van der Waals surface area contributed by atoms with Crippen LogP contribution in [0.1, 0.15) is 39.0 Å². The summed E-state index contributed by atoms with van der Waals surface area (Å²) >= 11 is 5.94. The zero-order valence-corrected chi connectivity index (χ0v) is 11.6. The smallest absolute Gasteiger partial charge is 0.224 e. The maximum Gasteiger partial charge on any atom is 0.224 e. The van der Waals surface area contributed by atoms with E-state index in [0.717, 1.165) is 30.6 Å². The molecule has 1 heterocycles. The zero-order chi connectivity index (χ0) is 12.5. The van der Waals surface area contributed by atoms with Gasteiger partial charge in [-0.05, 0) is 61.6 Å². The maximum atomic E-state index is 5.94. The number of hydrogen-bond acceptors (Lipinski definition) is 3. The Morgan fingerprint density at radius 1 is 1.33 bits per heavy atom. The molecule has 0 aromatic carbocycles. The normalized spacial score (nSPS) is 19.3. The van der Waals surface area contributed by atoms with Crippen LogP contribution in [0.3, 0.4) is 0 Å². The van der Waals surface area contributed by atoms with Crippen molar-refractivity contribution in [3.05, 3.63) is 17.5 Å². The van der Waals surface area contributed by atoms with Crippen LogP contribution >= 0.6 is 11.6 Å². The van der Waals surface area contributed by atoms with Gasteiger partial charge >= 0.3 is 0 Å². The minimum absolute atomic E-state index is 0.360. The van der Waals surface area contributed by atoms with Crippen LogP contribution in [0.5, 0.6) is 0 Å². The van der Waals surface area contributed by atoms with Crippen molar-refractivity contribution in [3.8, 4) is 0 Å². The summed E-state index contributed by atoms with van der Waals surface area (Å²) in [6.07, 6.45) is 8.47. The van der Waals surface area contributed by atoms with Gasteiger partial charge in [0.2, 0.25) is 5.28 Å². The van der Waals surface area contributed by atoms with E-state index in [2.05, 4.69) is 21.8 Å². The lowest BCUT2D eigenvalue weighted by atomic mass is 10.0. The molecule has 0 unspecified atom stereocenters. The molecule has 18 heavy (non-hydrogen) atoms. The summed E-state index contributed by atoms with van der Waals surface area (Å²) in [5.41, 5.74) is 0. The molecule has 0 saturated heterocycles. The highest BCUT2D eigenvalue weighted by Gasteiger charge is 2.44. The summed E-state index contributed by atoms with van der Waals surface area (Å²) in [6.45, 7) is 3.30. The molecule has 0 aliphatic heterocycles. The maximum absolute atomic E-state index is 5.94. The van der Waals surface area contributed by atoms with Gasteiger partial charge in [0.25, 0.3) is 0 Å². The molecule has 0 N–H and O–H groups in total. The molecule has 2 saturated carbocycles. The summed E-state index contributed by atoms with van der Waals surface area (Å²) in [7, 11) is 0. The Hall–Kier alpha value is -0.830. The number of aromatic nitrogens is 2. The molecular weight excluding hydrogens is 246 g/mol. The quantitative estimate of drug-likeness (QED) is 0.737. The van der Waals surface area contributed by atoms with Crippen molar-refractivity contribution in [2.45, 2.75) is 45.1 Å². The van der Waals surface area contributed by atoms with E-state index in [1.54, 1.807) is 6.20 Å². The molecule has 0 spiro atoms. The summed E-state index contributed by atoms with van der Waals surface area (Å²) in [6, 6.07) is 2.69. The average molecular weight is 266 g/mol. The zero-order valence-electron chi connectivity index (χ0n) is 10.8. The van der Waals surface area contributed by atoms with Crippen molar-refractivity contribution in [2.24, 2.45) is 11.8 Å². The second-order valence-electron chi connectivity index (χ2n) is 5.54. The summed E-state index contributed by atoms with van der Waals surface area (Å²) in [4.78, 5) is 10.9. The number of halogens is 1. The van der Waals surface area contributed by atoms with Gasteiger partial charge in [0.1, 0.15) is 5.82 Å². The van der Waals surface area contributed by atoms with Gasteiger partial charge in [0, 0.05) is 18.8 Å². The summed E-state index contributed by atoms with van der Waals surface area (Å²) in [5.74, 6) is 2.79. The Kier molecular flexibility index (Phi) is 3.42. The molecular formula is C14H20ClN3. The van der Waals surface area contributed by atoms with Gasteiger partial charge < -0.3 is 4.90 Å². The van der Waals surface area contributed by atoms with Crippen molar-refractivity contribution in [2.75, 3.05) is 11.4 Å². The average Bonchev–Trinajstić information content (AvgIpc) is 3.23. The van der Waals surface area contributed by atoms with Crippen LogP contribution in [-0.4, -0.2) is 22.6 Å². The highest BCUT2D eigenvalue weighted by molar-refractivity contribution is 6.28. The monoisotopic (exact) mass is 265 g/mol. The van der Waals surface area contributed by atoms with Gasteiger partial charge in [0.15, 0.2) is 0 Å². The van der Waals surface area contributed by atoms with E-state index in [1.807, 2.05) is 6.07 Å². The fourth-order valence-electron chi connectivity index (χ4n) is 2.91. The van der Waals surface area contributed by atoms with Crippen molar-refractivity contribution in [1.82, 2.24) is 9.97 Å². The third-order valence-electron chi connectivity index (χ3n) is 3.94. The van der Waals surface area contributed by atoms with Crippen LogP contribution in [0.4, 0.5) is 5.82 Å². The molecule has 3 nitrogen and oxygen atoms in total. The van der Waals surface area contributed by atoms with E-state index in [0.29, 0.717) is 11.3 Å².